The van der Waals surface area contributed by atoms with E-state index in [1.54, 1.807) is 46.2 Å². The van der Waals surface area contributed by atoms with Gasteiger partial charge >= 0.3 is 0 Å². The summed E-state index contributed by atoms with van der Waals surface area (Å²) in [6.07, 6.45) is 26.0. The first kappa shape index (κ1) is 37.9. The summed E-state index contributed by atoms with van der Waals surface area (Å²) in [6.45, 7) is 6.04. The molecule has 0 aliphatic rings. The Morgan fingerprint density at radius 3 is 1.18 bits per heavy atom. The number of carbonyl (C=O) groups excluding carboxylic acids is 2. The number of hydrogen-bond donors (Lipinski definition) is 2. The lowest BCUT2D eigenvalue weighted by atomic mass is 10.1. The third-order valence-electron chi connectivity index (χ3n) is 6.89. The van der Waals surface area contributed by atoms with Crippen molar-refractivity contribution in [2.45, 2.75) is 151 Å². The standard InChI is InChI=1S/C31H56N2O2S5/c1-3-5-7-9-11-13-15-17-19-21-23-32-27(34)25-37-29-30(40-31(36)39-29)38-26-28(35)33-24-22-20-18-16-14-12-10-8-6-4-2/h3-26H2,1-2H3,(H,32,34)(H,33,35). The molecular formula is C31H56N2O2S5. The third-order valence-corrected chi connectivity index (χ3v) is 12.5. The molecule has 0 atom stereocenters. The molecule has 1 aromatic rings. The second-order valence-corrected chi connectivity index (χ2v) is 16.4. The van der Waals surface area contributed by atoms with E-state index in [4.69, 9.17) is 12.2 Å². The minimum absolute atomic E-state index is 0.0791. The summed E-state index contributed by atoms with van der Waals surface area (Å²) >= 11 is 11.6. The van der Waals surface area contributed by atoms with Gasteiger partial charge in [-0.2, -0.15) is 0 Å². The van der Waals surface area contributed by atoms with E-state index < -0.39 is 0 Å². The van der Waals surface area contributed by atoms with Crippen LogP contribution in [0.25, 0.3) is 0 Å². The number of nitrogens with one attached hydrogen (secondary N) is 2. The van der Waals surface area contributed by atoms with Crippen LogP contribution < -0.4 is 10.6 Å². The summed E-state index contributed by atoms with van der Waals surface area (Å²) in [5, 5.41) is 6.12. The van der Waals surface area contributed by atoms with Crippen LogP contribution in [-0.2, 0) is 9.59 Å². The monoisotopic (exact) mass is 648 g/mol. The lowest BCUT2D eigenvalue weighted by Gasteiger charge is -2.07. The maximum atomic E-state index is 12.3. The fraction of sp³-hybridized carbons (Fsp3) is 0.839. The predicted octanol–water partition coefficient (Wildman–Crippen LogP) is 10.8. The van der Waals surface area contributed by atoms with Gasteiger partial charge in [0.2, 0.25) is 11.8 Å². The van der Waals surface area contributed by atoms with Gasteiger partial charge in [-0.05, 0) is 12.8 Å². The quantitative estimate of drug-likeness (QED) is 0.0538. The summed E-state index contributed by atoms with van der Waals surface area (Å²) in [6, 6.07) is 0. The number of hydrogen-bond acceptors (Lipinski definition) is 7. The van der Waals surface area contributed by atoms with E-state index in [1.165, 1.54) is 116 Å². The smallest absolute Gasteiger partial charge is 0.230 e. The summed E-state index contributed by atoms with van der Waals surface area (Å²) in [5.74, 6) is 0.960. The lowest BCUT2D eigenvalue weighted by Crippen LogP contribution is -2.26. The summed E-state index contributed by atoms with van der Waals surface area (Å²) < 4.78 is 2.98. The van der Waals surface area contributed by atoms with E-state index in [0.29, 0.717) is 11.5 Å². The van der Waals surface area contributed by atoms with E-state index >= 15 is 0 Å². The molecule has 1 aromatic heterocycles. The van der Waals surface area contributed by atoms with Crippen LogP contribution in [0.3, 0.4) is 0 Å². The Morgan fingerprint density at radius 1 is 0.550 bits per heavy atom. The second-order valence-electron chi connectivity index (χ2n) is 10.7. The number of carbonyl (C=O) groups is 2. The molecule has 0 aromatic carbocycles. The van der Waals surface area contributed by atoms with Crippen molar-refractivity contribution in [1.82, 2.24) is 10.6 Å². The Hall–Kier alpha value is -0.0900. The van der Waals surface area contributed by atoms with Crippen LogP contribution in [0.15, 0.2) is 8.42 Å². The molecule has 0 saturated carbocycles. The molecule has 4 nitrogen and oxygen atoms in total. The van der Waals surface area contributed by atoms with Gasteiger partial charge in [-0.3, -0.25) is 9.59 Å². The highest BCUT2D eigenvalue weighted by molar-refractivity contribution is 8.05. The molecule has 0 radical (unpaired) electrons. The molecule has 1 heterocycles. The average Bonchev–Trinajstić information content (AvgIpc) is 3.31. The van der Waals surface area contributed by atoms with E-state index in [2.05, 4.69) is 24.5 Å². The van der Waals surface area contributed by atoms with Crippen molar-refractivity contribution in [3.05, 3.63) is 3.14 Å². The van der Waals surface area contributed by atoms with Gasteiger partial charge in [0.05, 0.1) is 19.9 Å². The highest BCUT2D eigenvalue weighted by Gasteiger charge is 2.13. The Balaban J connectivity index is 2.07. The van der Waals surface area contributed by atoms with Crippen molar-refractivity contribution in [1.29, 1.82) is 0 Å². The molecule has 2 N–H and O–H groups in total. The van der Waals surface area contributed by atoms with Crippen molar-refractivity contribution in [3.63, 3.8) is 0 Å². The molecule has 9 heteroatoms. The Bertz CT molecular complexity index is 749. The number of thioether (sulfide) groups is 2. The largest absolute Gasteiger partial charge is 0.355 e. The molecule has 0 aliphatic heterocycles. The van der Waals surface area contributed by atoms with Gasteiger partial charge < -0.3 is 10.6 Å². The first-order chi connectivity index (χ1) is 19.6. The molecule has 2 amide bonds. The van der Waals surface area contributed by atoms with Gasteiger partial charge in [0.1, 0.15) is 3.14 Å². The maximum absolute atomic E-state index is 12.3. The molecule has 1 rings (SSSR count). The third kappa shape index (κ3) is 22.5. The Morgan fingerprint density at radius 2 is 0.850 bits per heavy atom. The average molecular weight is 649 g/mol. The van der Waals surface area contributed by atoms with E-state index in [0.717, 1.165) is 37.5 Å². The van der Waals surface area contributed by atoms with Gasteiger partial charge in [-0.25, -0.2) is 0 Å². The highest BCUT2D eigenvalue weighted by atomic mass is 32.2. The number of amides is 2. The van der Waals surface area contributed by atoms with Crippen molar-refractivity contribution < 1.29 is 9.59 Å². The SMILES string of the molecule is CCCCCCCCCCCCNC(=O)CSc1sc(=S)sc1SCC(=O)NCCCCCCCCCCCC. The number of unbranched alkanes of at least 4 members (excludes halogenated alkanes) is 18. The molecule has 232 valence electrons. The minimum atomic E-state index is 0.0791. The number of rotatable bonds is 28. The van der Waals surface area contributed by atoms with Crippen LogP contribution in [0, 0.1) is 3.14 Å². The highest BCUT2D eigenvalue weighted by Crippen LogP contribution is 2.40. The molecule has 0 unspecified atom stereocenters. The topological polar surface area (TPSA) is 58.2 Å². The van der Waals surface area contributed by atoms with Crippen molar-refractivity contribution >= 4 is 70.2 Å². The molecular weight excluding hydrogens is 593 g/mol. The summed E-state index contributed by atoms with van der Waals surface area (Å²) in [4.78, 5) is 24.6. The Kier molecular flexibility index (Phi) is 26.3. The van der Waals surface area contributed by atoms with Gasteiger partial charge in [0.25, 0.3) is 0 Å². The van der Waals surface area contributed by atoms with Crippen LogP contribution >= 0.6 is 58.4 Å². The van der Waals surface area contributed by atoms with E-state index in [-0.39, 0.29) is 11.8 Å². The summed E-state index contributed by atoms with van der Waals surface area (Å²) in [7, 11) is 0. The normalized spacial score (nSPS) is 11.2. The van der Waals surface area contributed by atoms with Gasteiger partial charge in [-0.15, -0.1) is 46.2 Å². The van der Waals surface area contributed by atoms with Crippen LogP contribution in [0.5, 0.6) is 0 Å². The fourth-order valence-corrected chi connectivity index (χ4v) is 10.2. The van der Waals surface area contributed by atoms with Gasteiger partial charge in [0, 0.05) is 13.1 Å². The first-order valence-corrected chi connectivity index (χ1v) is 20.0. The molecule has 0 fully saturated rings. The Labute approximate surface area is 267 Å². The first-order valence-electron chi connectivity index (χ1n) is 16.0. The molecule has 0 bridgehead atoms. The van der Waals surface area contributed by atoms with Crippen LogP contribution in [0.4, 0.5) is 0 Å². The van der Waals surface area contributed by atoms with Crippen LogP contribution in [0.1, 0.15) is 142 Å². The predicted molar refractivity (Wildman–Crippen MR) is 184 cm³/mol. The van der Waals surface area contributed by atoms with Crippen LogP contribution in [0.2, 0.25) is 0 Å². The van der Waals surface area contributed by atoms with Gasteiger partial charge in [-0.1, -0.05) is 142 Å². The van der Waals surface area contributed by atoms with E-state index in [9.17, 15) is 9.59 Å². The zero-order chi connectivity index (χ0) is 29.1. The molecule has 0 aliphatic carbocycles. The summed E-state index contributed by atoms with van der Waals surface area (Å²) in [5.41, 5.74) is 0. The van der Waals surface area contributed by atoms with Gasteiger partial charge in [0.15, 0.2) is 0 Å². The van der Waals surface area contributed by atoms with Crippen LogP contribution in [-0.4, -0.2) is 36.4 Å². The zero-order valence-electron chi connectivity index (χ0n) is 25.3. The fourth-order valence-electron chi connectivity index (χ4n) is 4.48. The maximum Gasteiger partial charge on any atom is 0.230 e. The second kappa shape index (κ2) is 27.7. The lowest BCUT2D eigenvalue weighted by molar-refractivity contribution is -0.119. The minimum Gasteiger partial charge on any atom is -0.355 e. The molecule has 40 heavy (non-hydrogen) atoms. The van der Waals surface area contributed by atoms with Crippen molar-refractivity contribution in [2.24, 2.45) is 0 Å². The van der Waals surface area contributed by atoms with Crippen molar-refractivity contribution in [3.8, 4) is 0 Å². The van der Waals surface area contributed by atoms with Crippen molar-refractivity contribution in [2.75, 3.05) is 24.6 Å². The molecule has 0 saturated heterocycles. The van der Waals surface area contributed by atoms with E-state index in [1.807, 2.05) is 0 Å². The zero-order valence-corrected chi connectivity index (χ0v) is 29.4. The molecule has 0 spiro atoms.